The Labute approximate surface area is 177 Å². The number of nitrogens with zero attached hydrogens (tertiary/aromatic N) is 2. The van der Waals surface area contributed by atoms with E-state index in [2.05, 4.69) is 5.32 Å². The van der Waals surface area contributed by atoms with E-state index in [1.54, 1.807) is 6.92 Å². The third kappa shape index (κ3) is 5.72. The minimum atomic E-state index is -1.60. The quantitative estimate of drug-likeness (QED) is 0.570. The second kappa shape index (κ2) is 9.93. The maximum atomic E-state index is 12.8. The summed E-state index contributed by atoms with van der Waals surface area (Å²) in [6.45, 7) is 7.72. The predicted molar refractivity (Wildman–Crippen MR) is 112 cm³/mol. The van der Waals surface area contributed by atoms with Gasteiger partial charge in [-0.3, -0.25) is 9.59 Å². The Morgan fingerprint density at radius 3 is 2.40 bits per heavy atom. The lowest BCUT2D eigenvalue weighted by molar-refractivity contribution is -0.153. The van der Waals surface area contributed by atoms with Gasteiger partial charge in [-0.05, 0) is 24.3 Å². The fourth-order valence-corrected chi connectivity index (χ4v) is 3.80. The van der Waals surface area contributed by atoms with Crippen molar-refractivity contribution >= 4 is 17.9 Å². The third-order valence-electron chi connectivity index (χ3n) is 5.41. The molecule has 1 aliphatic rings. The van der Waals surface area contributed by atoms with Gasteiger partial charge in [0, 0.05) is 13.0 Å². The highest BCUT2D eigenvalue weighted by molar-refractivity contribution is 5.84. The van der Waals surface area contributed by atoms with Crippen molar-refractivity contribution in [2.75, 3.05) is 6.54 Å². The maximum Gasteiger partial charge on any atom is 0.426 e. The van der Waals surface area contributed by atoms with Gasteiger partial charge in [-0.15, -0.1) is 0 Å². The summed E-state index contributed by atoms with van der Waals surface area (Å²) in [6, 6.07) is 7.89. The zero-order valence-electron chi connectivity index (χ0n) is 18.2. The zero-order valence-corrected chi connectivity index (χ0v) is 18.2. The van der Waals surface area contributed by atoms with Crippen molar-refractivity contribution in [3.05, 3.63) is 35.9 Å². The molecule has 1 aliphatic heterocycles. The molecule has 0 aliphatic carbocycles. The Bertz CT molecular complexity index is 752. The SMILES string of the molecule is CCCC[C@@H](C(O)C(=O)NC(C)c1ccccc1)N(C(=O)O)N1CC(C)(C)CC1=O. The average Bonchev–Trinajstić information content (AvgIpc) is 2.96. The monoisotopic (exact) mass is 419 g/mol. The minimum Gasteiger partial charge on any atom is -0.464 e. The molecule has 1 aromatic rings. The van der Waals surface area contributed by atoms with E-state index in [0.29, 0.717) is 6.42 Å². The van der Waals surface area contributed by atoms with Crippen LogP contribution >= 0.6 is 0 Å². The number of benzene rings is 1. The molecule has 2 unspecified atom stereocenters. The summed E-state index contributed by atoms with van der Waals surface area (Å²) < 4.78 is 0. The van der Waals surface area contributed by atoms with Crippen molar-refractivity contribution in [3.63, 3.8) is 0 Å². The summed E-state index contributed by atoms with van der Waals surface area (Å²) in [5.74, 6) is -0.987. The molecule has 3 N–H and O–H groups in total. The summed E-state index contributed by atoms with van der Waals surface area (Å²) in [7, 11) is 0. The van der Waals surface area contributed by atoms with Crippen molar-refractivity contribution in [2.45, 2.75) is 71.6 Å². The summed E-state index contributed by atoms with van der Waals surface area (Å²) in [4.78, 5) is 37.4. The fourth-order valence-electron chi connectivity index (χ4n) is 3.80. The van der Waals surface area contributed by atoms with Gasteiger partial charge >= 0.3 is 6.09 Å². The van der Waals surface area contributed by atoms with E-state index >= 15 is 0 Å². The van der Waals surface area contributed by atoms with Gasteiger partial charge < -0.3 is 15.5 Å². The van der Waals surface area contributed by atoms with Crippen molar-refractivity contribution < 1.29 is 24.6 Å². The van der Waals surface area contributed by atoms with Crippen molar-refractivity contribution in [2.24, 2.45) is 5.41 Å². The molecule has 0 bridgehead atoms. The molecule has 0 radical (unpaired) electrons. The smallest absolute Gasteiger partial charge is 0.426 e. The van der Waals surface area contributed by atoms with Crippen LogP contribution in [0.2, 0.25) is 0 Å². The first kappa shape index (κ1) is 23.7. The van der Waals surface area contributed by atoms with E-state index in [-0.39, 0.29) is 36.8 Å². The van der Waals surface area contributed by atoms with Crippen LogP contribution in [0.15, 0.2) is 30.3 Å². The lowest BCUT2D eigenvalue weighted by atomic mass is 9.93. The van der Waals surface area contributed by atoms with Crippen molar-refractivity contribution in [1.82, 2.24) is 15.3 Å². The van der Waals surface area contributed by atoms with E-state index < -0.39 is 24.1 Å². The number of carboxylic acid groups (broad SMARTS) is 1. The number of rotatable bonds is 9. The van der Waals surface area contributed by atoms with Gasteiger partial charge in [0.2, 0.25) is 5.91 Å². The summed E-state index contributed by atoms with van der Waals surface area (Å²) >= 11 is 0. The Kier molecular flexibility index (Phi) is 7.83. The van der Waals surface area contributed by atoms with Crippen molar-refractivity contribution in [3.8, 4) is 0 Å². The number of hydrogen-bond acceptors (Lipinski definition) is 4. The molecule has 1 saturated heterocycles. The van der Waals surface area contributed by atoms with Crippen LogP contribution < -0.4 is 5.32 Å². The number of hydrazine groups is 1. The molecule has 0 aromatic heterocycles. The number of carbonyl (C=O) groups is 3. The third-order valence-corrected chi connectivity index (χ3v) is 5.41. The van der Waals surface area contributed by atoms with Crippen LogP contribution in [0, 0.1) is 5.41 Å². The Morgan fingerprint density at radius 1 is 1.27 bits per heavy atom. The molecule has 30 heavy (non-hydrogen) atoms. The molecule has 8 heteroatoms. The first-order valence-electron chi connectivity index (χ1n) is 10.4. The topological polar surface area (TPSA) is 110 Å². The van der Waals surface area contributed by atoms with E-state index in [1.165, 1.54) is 5.01 Å². The van der Waals surface area contributed by atoms with Gasteiger partial charge in [-0.2, -0.15) is 0 Å². The number of unbranched alkanes of at least 4 members (excludes halogenated alkanes) is 1. The second-order valence-corrected chi connectivity index (χ2v) is 8.71. The van der Waals surface area contributed by atoms with E-state index in [9.17, 15) is 24.6 Å². The maximum absolute atomic E-state index is 12.8. The average molecular weight is 420 g/mol. The van der Waals surface area contributed by atoms with Crippen LogP contribution in [-0.2, 0) is 9.59 Å². The van der Waals surface area contributed by atoms with Crippen LogP contribution in [-0.4, -0.2) is 56.8 Å². The number of carbonyl (C=O) groups excluding carboxylic acids is 2. The highest BCUT2D eigenvalue weighted by Crippen LogP contribution is 2.33. The molecule has 1 heterocycles. The zero-order chi connectivity index (χ0) is 22.5. The molecule has 3 amide bonds. The molecule has 0 spiro atoms. The van der Waals surface area contributed by atoms with Crippen LogP contribution in [0.4, 0.5) is 4.79 Å². The normalized spacial score (nSPS) is 18.6. The van der Waals surface area contributed by atoms with Gasteiger partial charge in [0.1, 0.15) is 0 Å². The van der Waals surface area contributed by atoms with Crippen LogP contribution in [0.5, 0.6) is 0 Å². The summed E-state index contributed by atoms with van der Waals surface area (Å²) in [5.41, 5.74) is 0.490. The molecule has 8 nitrogen and oxygen atoms in total. The van der Waals surface area contributed by atoms with Gasteiger partial charge in [0.05, 0.1) is 12.1 Å². The standard InChI is InChI=1S/C22H33N3O5/c1-5-6-12-17(25(21(29)30)24-14-22(3,4)13-18(24)26)19(27)20(28)23-15(2)16-10-8-7-9-11-16/h7-11,15,17,19,27H,5-6,12-14H2,1-4H3,(H,23,28)(H,29,30)/t15?,17-,19?/m0/s1. The molecular weight excluding hydrogens is 386 g/mol. The molecule has 2 rings (SSSR count). The Balaban J connectivity index is 2.23. The van der Waals surface area contributed by atoms with E-state index in [4.69, 9.17) is 0 Å². The Morgan fingerprint density at radius 2 is 1.90 bits per heavy atom. The van der Waals surface area contributed by atoms with Crippen molar-refractivity contribution in [1.29, 1.82) is 0 Å². The summed E-state index contributed by atoms with van der Waals surface area (Å²) in [6.07, 6.45) is -1.11. The molecule has 1 fully saturated rings. The van der Waals surface area contributed by atoms with Gasteiger partial charge in [0.25, 0.3) is 5.91 Å². The number of nitrogens with one attached hydrogen (secondary N) is 1. The first-order chi connectivity index (χ1) is 14.1. The highest BCUT2D eigenvalue weighted by Gasteiger charge is 2.45. The second-order valence-electron chi connectivity index (χ2n) is 8.71. The number of aliphatic hydroxyl groups excluding tert-OH is 1. The lowest BCUT2D eigenvalue weighted by Crippen LogP contribution is -2.59. The summed E-state index contributed by atoms with van der Waals surface area (Å²) in [5, 5.41) is 25.5. The van der Waals surface area contributed by atoms with Crippen LogP contribution in [0.25, 0.3) is 0 Å². The largest absolute Gasteiger partial charge is 0.464 e. The van der Waals surface area contributed by atoms with Gasteiger partial charge in [-0.25, -0.2) is 14.8 Å². The Hall–Kier alpha value is -2.61. The molecular formula is C22H33N3O5. The number of hydrogen-bond donors (Lipinski definition) is 3. The molecule has 166 valence electrons. The molecule has 0 saturated carbocycles. The minimum absolute atomic E-state index is 0.213. The van der Waals surface area contributed by atoms with Crippen LogP contribution in [0.1, 0.15) is 65.0 Å². The van der Waals surface area contributed by atoms with E-state index in [1.807, 2.05) is 51.1 Å². The van der Waals surface area contributed by atoms with Gasteiger partial charge in [-0.1, -0.05) is 63.9 Å². The van der Waals surface area contributed by atoms with E-state index in [0.717, 1.165) is 17.0 Å². The predicted octanol–water partition coefficient (Wildman–Crippen LogP) is 2.94. The highest BCUT2D eigenvalue weighted by atomic mass is 16.4. The first-order valence-corrected chi connectivity index (χ1v) is 10.4. The number of aliphatic hydroxyl groups is 1. The molecule has 3 atom stereocenters. The van der Waals surface area contributed by atoms with Crippen LogP contribution in [0.3, 0.4) is 0 Å². The van der Waals surface area contributed by atoms with Gasteiger partial charge in [0.15, 0.2) is 6.10 Å². The molecule has 1 aromatic carbocycles. The lowest BCUT2D eigenvalue weighted by Gasteiger charge is -2.38. The number of amides is 3. The fraction of sp³-hybridized carbons (Fsp3) is 0.591.